The van der Waals surface area contributed by atoms with E-state index in [-0.39, 0.29) is 5.41 Å². The van der Waals surface area contributed by atoms with E-state index in [1.807, 2.05) is 24.5 Å². The van der Waals surface area contributed by atoms with Crippen molar-refractivity contribution in [2.45, 2.75) is 39.2 Å². The Morgan fingerprint density at radius 3 is 2.81 bits per heavy atom. The van der Waals surface area contributed by atoms with Crippen LogP contribution in [0.25, 0.3) is 0 Å². The number of fused-ring (bicyclic) bond motifs is 1. The molecule has 0 amide bonds. The summed E-state index contributed by atoms with van der Waals surface area (Å²) < 4.78 is 0. The van der Waals surface area contributed by atoms with Gasteiger partial charge in [0.1, 0.15) is 17.5 Å². The van der Waals surface area contributed by atoms with Crippen LogP contribution in [-0.2, 0) is 18.4 Å². The average Bonchev–Trinajstić information content (AvgIpc) is 2.93. The van der Waals surface area contributed by atoms with Gasteiger partial charge < -0.3 is 10.2 Å². The summed E-state index contributed by atoms with van der Waals surface area (Å²) in [5.74, 6) is 2.80. The molecule has 0 atom stereocenters. The molecule has 21 heavy (non-hydrogen) atoms. The molecule has 4 nitrogen and oxygen atoms in total. The standard InChI is InChI=1S/C16H22N4S/c1-16(2,3)15-18-13(17-4)9-14(19-15)20-7-5-12-11(10-20)6-8-21-12/h6,8-9H,5,7,10H2,1-4H3,(H,17,18,19). The van der Waals surface area contributed by atoms with E-state index in [2.05, 4.69) is 47.4 Å². The lowest BCUT2D eigenvalue weighted by Gasteiger charge is -2.29. The molecule has 112 valence electrons. The Hall–Kier alpha value is -1.62. The number of nitrogens with zero attached hydrogens (tertiary/aromatic N) is 3. The highest BCUT2D eigenvalue weighted by Crippen LogP contribution is 2.29. The lowest BCUT2D eigenvalue weighted by molar-refractivity contribution is 0.544. The number of hydrogen-bond acceptors (Lipinski definition) is 5. The van der Waals surface area contributed by atoms with Crippen molar-refractivity contribution in [1.82, 2.24) is 9.97 Å². The second-order valence-electron chi connectivity index (χ2n) is 6.48. The van der Waals surface area contributed by atoms with E-state index in [0.717, 1.165) is 37.0 Å². The molecule has 2 aromatic heterocycles. The quantitative estimate of drug-likeness (QED) is 0.922. The third-order valence-electron chi connectivity index (χ3n) is 3.77. The van der Waals surface area contributed by atoms with Crippen molar-refractivity contribution < 1.29 is 0 Å². The third-order valence-corrected chi connectivity index (χ3v) is 4.79. The molecule has 2 aromatic rings. The van der Waals surface area contributed by atoms with Crippen LogP contribution in [0.1, 0.15) is 37.0 Å². The predicted octanol–water partition coefficient (Wildman–Crippen LogP) is 3.44. The molecule has 0 unspecified atom stereocenters. The lowest BCUT2D eigenvalue weighted by Crippen LogP contribution is -2.31. The molecule has 5 heteroatoms. The molecule has 1 aliphatic rings. The first-order chi connectivity index (χ1) is 9.97. The predicted molar refractivity (Wildman–Crippen MR) is 89.4 cm³/mol. The van der Waals surface area contributed by atoms with Crippen LogP contribution in [0.2, 0.25) is 0 Å². The highest BCUT2D eigenvalue weighted by Gasteiger charge is 2.23. The minimum absolute atomic E-state index is 0.0507. The van der Waals surface area contributed by atoms with Crippen molar-refractivity contribution in [2.24, 2.45) is 0 Å². The Balaban J connectivity index is 1.95. The topological polar surface area (TPSA) is 41.0 Å². The molecule has 0 spiro atoms. The highest BCUT2D eigenvalue weighted by atomic mass is 32.1. The summed E-state index contributed by atoms with van der Waals surface area (Å²) in [6, 6.07) is 4.28. The van der Waals surface area contributed by atoms with Crippen molar-refractivity contribution in [3.8, 4) is 0 Å². The maximum Gasteiger partial charge on any atom is 0.138 e. The molecule has 0 saturated carbocycles. The van der Waals surface area contributed by atoms with Gasteiger partial charge in [-0.2, -0.15) is 0 Å². The van der Waals surface area contributed by atoms with Gasteiger partial charge in [-0.05, 0) is 23.4 Å². The van der Waals surface area contributed by atoms with Gasteiger partial charge in [0, 0.05) is 36.5 Å². The Morgan fingerprint density at radius 2 is 2.10 bits per heavy atom. The Kier molecular flexibility index (Phi) is 3.61. The van der Waals surface area contributed by atoms with Gasteiger partial charge in [-0.25, -0.2) is 9.97 Å². The normalized spacial score (nSPS) is 15.0. The van der Waals surface area contributed by atoms with Crippen LogP contribution >= 0.6 is 11.3 Å². The summed E-state index contributed by atoms with van der Waals surface area (Å²) in [6.07, 6.45) is 1.11. The molecule has 3 heterocycles. The van der Waals surface area contributed by atoms with Crippen molar-refractivity contribution in [2.75, 3.05) is 23.8 Å². The van der Waals surface area contributed by atoms with Gasteiger partial charge in [-0.1, -0.05) is 20.8 Å². The summed E-state index contributed by atoms with van der Waals surface area (Å²) in [6.45, 7) is 8.43. The second-order valence-corrected chi connectivity index (χ2v) is 7.48. The molecule has 1 aliphatic heterocycles. The minimum Gasteiger partial charge on any atom is -0.373 e. The van der Waals surface area contributed by atoms with E-state index < -0.39 is 0 Å². The first-order valence-corrected chi connectivity index (χ1v) is 8.23. The molecule has 3 rings (SSSR count). The SMILES string of the molecule is CNc1cc(N2CCc3sccc3C2)nc(C(C)(C)C)n1. The average molecular weight is 302 g/mol. The number of hydrogen-bond donors (Lipinski definition) is 1. The van der Waals surface area contributed by atoms with Crippen molar-refractivity contribution in [1.29, 1.82) is 0 Å². The zero-order valence-electron chi connectivity index (χ0n) is 13.1. The molecule has 0 saturated heterocycles. The van der Waals surface area contributed by atoms with Gasteiger partial charge in [0.05, 0.1) is 0 Å². The second kappa shape index (κ2) is 5.30. The van der Waals surface area contributed by atoms with E-state index in [1.54, 1.807) is 0 Å². The lowest BCUT2D eigenvalue weighted by atomic mass is 9.95. The van der Waals surface area contributed by atoms with E-state index in [0.29, 0.717) is 0 Å². The van der Waals surface area contributed by atoms with Gasteiger partial charge in [-0.3, -0.25) is 0 Å². The molecule has 0 bridgehead atoms. The molecule has 0 fully saturated rings. The number of thiophene rings is 1. The fraction of sp³-hybridized carbons (Fsp3) is 0.500. The fourth-order valence-corrected chi connectivity index (χ4v) is 3.39. The van der Waals surface area contributed by atoms with Crippen molar-refractivity contribution >= 4 is 23.0 Å². The van der Waals surface area contributed by atoms with E-state index in [9.17, 15) is 0 Å². The van der Waals surface area contributed by atoms with E-state index >= 15 is 0 Å². The maximum atomic E-state index is 4.81. The molecule has 0 radical (unpaired) electrons. The third kappa shape index (κ3) is 2.88. The van der Waals surface area contributed by atoms with Gasteiger partial charge in [-0.15, -0.1) is 11.3 Å². The van der Waals surface area contributed by atoms with Crippen molar-refractivity contribution in [3.05, 3.63) is 33.8 Å². The maximum absolute atomic E-state index is 4.81. The monoisotopic (exact) mass is 302 g/mol. The highest BCUT2D eigenvalue weighted by molar-refractivity contribution is 7.10. The fourth-order valence-electron chi connectivity index (χ4n) is 2.50. The first-order valence-electron chi connectivity index (χ1n) is 7.35. The molecule has 0 aromatic carbocycles. The molecule has 1 N–H and O–H groups in total. The van der Waals surface area contributed by atoms with E-state index in [4.69, 9.17) is 4.98 Å². The summed E-state index contributed by atoms with van der Waals surface area (Å²) >= 11 is 1.87. The summed E-state index contributed by atoms with van der Waals surface area (Å²) in [7, 11) is 1.91. The zero-order chi connectivity index (χ0) is 15.0. The summed E-state index contributed by atoms with van der Waals surface area (Å²) in [5.41, 5.74) is 1.39. The number of rotatable bonds is 2. The Morgan fingerprint density at radius 1 is 1.29 bits per heavy atom. The number of anilines is 2. The minimum atomic E-state index is -0.0507. The van der Waals surface area contributed by atoms with Crippen LogP contribution < -0.4 is 10.2 Å². The van der Waals surface area contributed by atoms with Crippen LogP contribution in [0.15, 0.2) is 17.5 Å². The first kappa shape index (κ1) is 14.3. The summed E-state index contributed by atoms with van der Waals surface area (Å²) in [5, 5.41) is 5.35. The smallest absolute Gasteiger partial charge is 0.138 e. The van der Waals surface area contributed by atoms with Crippen molar-refractivity contribution in [3.63, 3.8) is 0 Å². The van der Waals surface area contributed by atoms with Gasteiger partial charge in [0.2, 0.25) is 0 Å². The van der Waals surface area contributed by atoms with Gasteiger partial charge in [0.15, 0.2) is 0 Å². The Bertz CT molecular complexity index is 642. The van der Waals surface area contributed by atoms with Gasteiger partial charge in [0.25, 0.3) is 0 Å². The summed E-state index contributed by atoms with van der Waals surface area (Å²) in [4.78, 5) is 13.3. The Labute approximate surface area is 130 Å². The zero-order valence-corrected chi connectivity index (χ0v) is 13.9. The van der Waals surface area contributed by atoms with Gasteiger partial charge >= 0.3 is 0 Å². The number of aromatic nitrogens is 2. The van der Waals surface area contributed by atoms with Crippen LogP contribution in [0.3, 0.4) is 0 Å². The van der Waals surface area contributed by atoms with Crippen LogP contribution in [0.4, 0.5) is 11.6 Å². The molecule has 0 aliphatic carbocycles. The van der Waals surface area contributed by atoms with E-state index in [1.165, 1.54) is 10.4 Å². The molecular formula is C16H22N4S. The van der Waals surface area contributed by atoms with Crippen LogP contribution in [-0.4, -0.2) is 23.6 Å². The van der Waals surface area contributed by atoms with Crippen LogP contribution in [0.5, 0.6) is 0 Å². The largest absolute Gasteiger partial charge is 0.373 e. The molecular weight excluding hydrogens is 280 g/mol. The number of nitrogens with one attached hydrogen (secondary N) is 1. The van der Waals surface area contributed by atoms with Crippen LogP contribution in [0, 0.1) is 0 Å².